The maximum absolute atomic E-state index is 4.15. The summed E-state index contributed by atoms with van der Waals surface area (Å²) in [5.74, 6) is 0.794. The van der Waals surface area contributed by atoms with Gasteiger partial charge in [0.25, 0.3) is 0 Å². The molecule has 0 radical (unpaired) electrons. The van der Waals surface area contributed by atoms with E-state index >= 15 is 0 Å². The molecular formula is C14H21N3S. The lowest BCUT2D eigenvalue weighted by atomic mass is 10.1. The van der Waals surface area contributed by atoms with Crippen molar-refractivity contribution < 1.29 is 0 Å². The molecule has 0 amide bonds. The molecule has 2 aromatic heterocycles. The number of nitrogens with one attached hydrogen (secondary N) is 2. The average molecular weight is 263 g/mol. The van der Waals surface area contributed by atoms with Crippen molar-refractivity contribution in [3.63, 3.8) is 0 Å². The first kappa shape index (κ1) is 13.3. The molecule has 0 saturated heterocycles. The number of H-pyrrole nitrogens is 1. The summed E-state index contributed by atoms with van der Waals surface area (Å²) in [4.78, 5) is 1.26. The van der Waals surface area contributed by atoms with Gasteiger partial charge in [-0.2, -0.15) is 5.10 Å². The van der Waals surface area contributed by atoms with Gasteiger partial charge in [-0.15, -0.1) is 11.3 Å². The predicted octanol–water partition coefficient (Wildman–Crippen LogP) is 3.66. The summed E-state index contributed by atoms with van der Waals surface area (Å²) in [6, 6.07) is 4.20. The van der Waals surface area contributed by atoms with E-state index in [1.54, 1.807) is 11.3 Å². The Morgan fingerprint density at radius 3 is 3.06 bits per heavy atom. The average Bonchev–Trinajstić information content (AvgIpc) is 2.97. The van der Waals surface area contributed by atoms with Crippen LogP contribution < -0.4 is 5.32 Å². The first-order valence-corrected chi connectivity index (χ1v) is 7.42. The van der Waals surface area contributed by atoms with Gasteiger partial charge in [-0.1, -0.05) is 19.9 Å². The monoisotopic (exact) mass is 263 g/mol. The Morgan fingerprint density at radius 2 is 2.33 bits per heavy atom. The SMILES string of the molecule is CC(C)CCCNCc1cn[nH]c1-c1cccs1. The second-order valence-corrected chi connectivity index (χ2v) is 5.91. The van der Waals surface area contributed by atoms with Crippen molar-refractivity contribution in [2.24, 2.45) is 5.92 Å². The van der Waals surface area contributed by atoms with E-state index in [1.807, 2.05) is 6.20 Å². The number of aromatic amines is 1. The van der Waals surface area contributed by atoms with Crippen LogP contribution >= 0.6 is 11.3 Å². The van der Waals surface area contributed by atoms with Crippen LogP contribution in [0.5, 0.6) is 0 Å². The molecule has 98 valence electrons. The highest BCUT2D eigenvalue weighted by molar-refractivity contribution is 7.13. The van der Waals surface area contributed by atoms with E-state index in [1.165, 1.54) is 23.3 Å². The summed E-state index contributed by atoms with van der Waals surface area (Å²) in [7, 11) is 0. The van der Waals surface area contributed by atoms with E-state index in [2.05, 4.69) is 46.9 Å². The third-order valence-electron chi connectivity index (χ3n) is 2.94. The van der Waals surface area contributed by atoms with E-state index in [0.29, 0.717) is 0 Å². The summed E-state index contributed by atoms with van der Waals surface area (Å²) < 4.78 is 0. The molecule has 0 atom stereocenters. The van der Waals surface area contributed by atoms with E-state index in [0.717, 1.165) is 24.7 Å². The number of aromatic nitrogens is 2. The number of rotatable bonds is 7. The van der Waals surface area contributed by atoms with Gasteiger partial charge in [-0.05, 0) is 36.8 Å². The Morgan fingerprint density at radius 1 is 1.44 bits per heavy atom. The molecule has 2 rings (SSSR count). The third-order valence-corrected chi connectivity index (χ3v) is 3.82. The zero-order valence-corrected chi connectivity index (χ0v) is 11.9. The zero-order valence-electron chi connectivity index (χ0n) is 11.1. The van der Waals surface area contributed by atoms with E-state index in [4.69, 9.17) is 0 Å². The Bertz CT molecular complexity index is 445. The van der Waals surface area contributed by atoms with E-state index in [-0.39, 0.29) is 0 Å². The topological polar surface area (TPSA) is 40.7 Å². The zero-order chi connectivity index (χ0) is 12.8. The molecule has 0 saturated carbocycles. The second kappa shape index (κ2) is 6.71. The fourth-order valence-corrected chi connectivity index (χ4v) is 2.69. The quantitative estimate of drug-likeness (QED) is 0.748. The Kier molecular flexibility index (Phi) is 4.96. The molecule has 0 spiro atoms. The van der Waals surface area contributed by atoms with Gasteiger partial charge < -0.3 is 5.32 Å². The number of hydrogen-bond donors (Lipinski definition) is 2. The molecule has 0 unspecified atom stereocenters. The molecule has 0 aliphatic carbocycles. The van der Waals surface area contributed by atoms with Crippen LogP contribution in [0.15, 0.2) is 23.7 Å². The van der Waals surface area contributed by atoms with Crippen molar-refractivity contribution in [2.75, 3.05) is 6.54 Å². The first-order chi connectivity index (χ1) is 8.77. The second-order valence-electron chi connectivity index (χ2n) is 4.96. The van der Waals surface area contributed by atoms with Crippen molar-refractivity contribution in [1.82, 2.24) is 15.5 Å². The summed E-state index contributed by atoms with van der Waals surface area (Å²) in [6.45, 7) is 6.50. The minimum Gasteiger partial charge on any atom is -0.313 e. The van der Waals surface area contributed by atoms with Crippen LogP contribution in [0.3, 0.4) is 0 Å². The number of nitrogens with zero attached hydrogens (tertiary/aromatic N) is 1. The molecular weight excluding hydrogens is 242 g/mol. The van der Waals surface area contributed by atoms with Crippen molar-refractivity contribution in [2.45, 2.75) is 33.2 Å². The van der Waals surface area contributed by atoms with Gasteiger partial charge in [0.15, 0.2) is 0 Å². The van der Waals surface area contributed by atoms with Crippen LogP contribution in [0.2, 0.25) is 0 Å². The Hall–Kier alpha value is -1.13. The summed E-state index contributed by atoms with van der Waals surface area (Å²) in [6.07, 6.45) is 4.45. The molecule has 2 N–H and O–H groups in total. The van der Waals surface area contributed by atoms with Gasteiger partial charge >= 0.3 is 0 Å². The highest BCUT2D eigenvalue weighted by atomic mass is 32.1. The minimum absolute atomic E-state index is 0.794. The molecule has 0 aliphatic heterocycles. The van der Waals surface area contributed by atoms with Crippen LogP contribution in [-0.2, 0) is 6.54 Å². The van der Waals surface area contributed by atoms with Gasteiger partial charge in [-0.25, -0.2) is 0 Å². The fourth-order valence-electron chi connectivity index (χ4n) is 1.94. The first-order valence-electron chi connectivity index (χ1n) is 6.54. The fraction of sp³-hybridized carbons (Fsp3) is 0.500. The van der Waals surface area contributed by atoms with Gasteiger partial charge in [0.05, 0.1) is 16.8 Å². The van der Waals surface area contributed by atoms with Crippen molar-refractivity contribution in [3.8, 4) is 10.6 Å². The lowest BCUT2D eigenvalue weighted by Gasteiger charge is -2.06. The maximum atomic E-state index is 4.15. The van der Waals surface area contributed by atoms with E-state index in [9.17, 15) is 0 Å². The summed E-state index contributed by atoms with van der Waals surface area (Å²) >= 11 is 1.74. The Labute approximate surface area is 113 Å². The molecule has 0 aromatic carbocycles. The van der Waals surface area contributed by atoms with Crippen LogP contribution in [0.4, 0.5) is 0 Å². The van der Waals surface area contributed by atoms with Gasteiger partial charge in [-0.3, -0.25) is 5.10 Å². The molecule has 3 nitrogen and oxygen atoms in total. The van der Waals surface area contributed by atoms with Crippen LogP contribution in [0.1, 0.15) is 32.3 Å². The highest BCUT2D eigenvalue weighted by Crippen LogP contribution is 2.25. The molecule has 18 heavy (non-hydrogen) atoms. The standard InChI is InChI=1S/C14H21N3S/c1-11(2)5-3-7-15-9-12-10-16-17-14(12)13-6-4-8-18-13/h4,6,8,10-11,15H,3,5,7,9H2,1-2H3,(H,16,17). The summed E-state index contributed by atoms with van der Waals surface area (Å²) in [5.41, 5.74) is 2.41. The largest absolute Gasteiger partial charge is 0.313 e. The minimum atomic E-state index is 0.794. The van der Waals surface area contributed by atoms with Crippen LogP contribution in [0, 0.1) is 5.92 Å². The molecule has 0 fully saturated rings. The lowest BCUT2D eigenvalue weighted by molar-refractivity contribution is 0.527. The van der Waals surface area contributed by atoms with Crippen LogP contribution in [-0.4, -0.2) is 16.7 Å². The molecule has 4 heteroatoms. The summed E-state index contributed by atoms with van der Waals surface area (Å²) in [5, 5.41) is 12.8. The van der Waals surface area contributed by atoms with Crippen molar-refractivity contribution in [3.05, 3.63) is 29.3 Å². The number of thiophene rings is 1. The van der Waals surface area contributed by atoms with Gasteiger partial charge in [0, 0.05) is 12.1 Å². The van der Waals surface area contributed by atoms with Gasteiger partial charge in [0.2, 0.25) is 0 Å². The maximum Gasteiger partial charge on any atom is 0.0794 e. The molecule has 2 aromatic rings. The lowest BCUT2D eigenvalue weighted by Crippen LogP contribution is -2.15. The highest BCUT2D eigenvalue weighted by Gasteiger charge is 2.07. The van der Waals surface area contributed by atoms with Crippen LogP contribution in [0.25, 0.3) is 10.6 Å². The van der Waals surface area contributed by atoms with E-state index < -0.39 is 0 Å². The molecule has 2 heterocycles. The van der Waals surface area contributed by atoms with Gasteiger partial charge in [0.1, 0.15) is 0 Å². The smallest absolute Gasteiger partial charge is 0.0794 e. The predicted molar refractivity (Wildman–Crippen MR) is 77.7 cm³/mol. The Balaban J connectivity index is 1.82. The number of hydrogen-bond acceptors (Lipinski definition) is 3. The molecule has 0 aliphatic rings. The van der Waals surface area contributed by atoms with Crippen molar-refractivity contribution in [1.29, 1.82) is 0 Å². The molecule has 0 bridgehead atoms. The normalized spacial score (nSPS) is 11.3. The third kappa shape index (κ3) is 3.68. The van der Waals surface area contributed by atoms with Crippen molar-refractivity contribution >= 4 is 11.3 Å².